The molecule has 36 heavy (non-hydrogen) atoms. The molecule has 0 bridgehead atoms. The lowest BCUT2D eigenvalue weighted by Gasteiger charge is -2.32. The van der Waals surface area contributed by atoms with E-state index in [9.17, 15) is 9.50 Å². The third kappa shape index (κ3) is 4.22. The van der Waals surface area contributed by atoms with Crippen molar-refractivity contribution >= 4 is 33.4 Å². The summed E-state index contributed by atoms with van der Waals surface area (Å²) in [5.41, 5.74) is 8.13. The van der Waals surface area contributed by atoms with Crippen molar-refractivity contribution in [2.45, 2.75) is 43.9 Å². The van der Waals surface area contributed by atoms with E-state index in [0.717, 1.165) is 24.9 Å². The number of H-pyrrole nitrogens is 1. The maximum Gasteiger partial charge on any atom is 0.326 e. The van der Waals surface area contributed by atoms with E-state index in [4.69, 9.17) is 20.2 Å². The van der Waals surface area contributed by atoms with Crippen LogP contribution >= 0.6 is 0 Å². The molecule has 1 saturated heterocycles. The number of halogens is 1. The number of benzene rings is 1. The quantitative estimate of drug-likeness (QED) is 0.315. The van der Waals surface area contributed by atoms with Crippen LogP contribution in [0.1, 0.15) is 25.7 Å². The molecular formula is C24H27FN8O3. The molecule has 1 aromatic carbocycles. The Hall–Kier alpha value is -3.77. The summed E-state index contributed by atoms with van der Waals surface area (Å²) >= 11 is 0. The number of piperidine rings is 1. The van der Waals surface area contributed by atoms with E-state index in [1.807, 2.05) is 0 Å². The van der Waals surface area contributed by atoms with Gasteiger partial charge in [-0.2, -0.15) is 19.9 Å². The van der Waals surface area contributed by atoms with Crippen molar-refractivity contribution in [1.82, 2.24) is 24.9 Å². The Labute approximate surface area is 205 Å². The monoisotopic (exact) mass is 494 g/mol. The van der Waals surface area contributed by atoms with Crippen molar-refractivity contribution in [2.24, 2.45) is 5.73 Å². The third-order valence-corrected chi connectivity index (χ3v) is 6.67. The van der Waals surface area contributed by atoms with Gasteiger partial charge in [-0.15, -0.1) is 0 Å². The molecule has 0 unspecified atom stereocenters. The molecule has 4 aromatic rings. The minimum atomic E-state index is -0.356. The number of rotatable bonds is 6. The predicted octanol–water partition coefficient (Wildman–Crippen LogP) is 2.70. The van der Waals surface area contributed by atoms with Crippen molar-refractivity contribution in [3.05, 3.63) is 30.3 Å². The van der Waals surface area contributed by atoms with Gasteiger partial charge in [-0.25, -0.2) is 4.39 Å². The fourth-order valence-corrected chi connectivity index (χ4v) is 4.81. The smallest absolute Gasteiger partial charge is 0.326 e. The first kappa shape index (κ1) is 22.7. The number of fused-ring (bicyclic) bond motifs is 3. The Kier molecular flexibility index (Phi) is 5.69. The van der Waals surface area contributed by atoms with Gasteiger partial charge in [-0.1, -0.05) is 0 Å². The second kappa shape index (κ2) is 9.03. The molecule has 6 rings (SSSR count). The second-order valence-electron chi connectivity index (χ2n) is 9.32. The van der Waals surface area contributed by atoms with Gasteiger partial charge in [0.25, 0.3) is 0 Å². The summed E-state index contributed by atoms with van der Waals surface area (Å²) < 4.78 is 26.0. The molecule has 1 aliphatic carbocycles. The van der Waals surface area contributed by atoms with Crippen LogP contribution in [0.4, 0.5) is 15.9 Å². The minimum absolute atomic E-state index is 0.0145. The Balaban J connectivity index is 1.37. The van der Waals surface area contributed by atoms with Gasteiger partial charge in [0.1, 0.15) is 23.4 Å². The lowest BCUT2D eigenvalue weighted by Crippen LogP contribution is -2.43. The largest absolute Gasteiger partial charge is 0.460 e. The van der Waals surface area contributed by atoms with E-state index in [-0.39, 0.29) is 36.1 Å². The maximum atomic E-state index is 14.5. The molecule has 0 spiro atoms. The first-order valence-corrected chi connectivity index (χ1v) is 12.0. The Morgan fingerprint density at radius 2 is 2.00 bits per heavy atom. The normalized spacial score (nSPS) is 22.0. The van der Waals surface area contributed by atoms with E-state index in [1.165, 1.54) is 24.5 Å². The van der Waals surface area contributed by atoms with Crippen molar-refractivity contribution in [2.75, 3.05) is 30.4 Å². The zero-order valence-electron chi connectivity index (χ0n) is 19.7. The zero-order valence-corrected chi connectivity index (χ0v) is 19.7. The molecule has 4 heterocycles. The molecule has 12 heteroatoms. The van der Waals surface area contributed by atoms with Gasteiger partial charge in [0, 0.05) is 44.4 Å². The van der Waals surface area contributed by atoms with Gasteiger partial charge >= 0.3 is 12.0 Å². The molecule has 2 fully saturated rings. The predicted molar refractivity (Wildman–Crippen MR) is 132 cm³/mol. The highest BCUT2D eigenvalue weighted by Crippen LogP contribution is 2.38. The zero-order chi connectivity index (χ0) is 24.8. The average molecular weight is 495 g/mol. The van der Waals surface area contributed by atoms with Crippen LogP contribution < -0.4 is 25.4 Å². The van der Waals surface area contributed by atoms with E-state index in [1.54, 1.807) is 7.05 Å². The van der Waals surface area contributed by atoms with Crippen LogP contribution in [0.5, 0.6) is 17.8 Å². The number of anilines is 2. The molecule has 5 N–H and O–H groups in total. The number of aromatic nitrogens is 5. The van der Waals surface area contributed by atoms with Gasteiger partial charge < -0.3 is 35.5 Å². The maximum absolute atomic E-state index is 14.5. The minimum Gasteiger partial charge on any atom is -0.460 e. The third-order valence-electron chi connectivity index (χ3n) is 6.67. The van der Waals surface area contributed by atoms with Crippen molar-refractivity contribution in [3.8, 4) is 17.8 Å². The summed E-state index contributed by atoms with van der Waals surface area (Å²) in [6.07, 6.45) is 5.58. The van der Waals surface area contributed by atoms with E-state index >= 15 is 0 Å². The average Bonchev–Trinajstić information content (AvgIpc) is 3.21. The molecule has 11 nitrogen and oxygen atoms in total. The van der Waals surface area contributed by atoms with Crippen LogP contribution in [0.3, 0.4) is 0 Å². The highest BCUT2D eigenvalue weighted by atomic mass is 19.1. The number of hydrogen-bond donors (Lipinski definition) is 4. The molecule has 188 valence electrons. The number of aliphatic hydroxyl groups is 1. The van der Waals surface area contributed by atoms with Crippen molar-refractivity contribution in [1.29, 1.82) is 0 Å². The summed E-state index contributed by atoms with van der Waals surface area (Å²) in [6, 6.07) is 3.26. The van der Waals surface area contributed by atoms with Crippen LogP contribution in [0.2, 0.25) is 0 Å². The molecule has 1 atom stereocenters. The molecule has 3 aromatic heterocycles. The number of hydrogen-bond acceptors (Lipinski definition) is 10. The number of nitrogens with zero attached hydrogens (tertiary/aromatic N) is 5. The molecule has 2 aliphatic rings. The Bertz CT molecular complexity index is 1410. The molecular weight excluding hydrogens is 467 g/mol. The standard InChI is InChI=1S/C24H27FN8O3/c1-27-18-6-12(25)5-17-19-21(30-20(17)18)31-24(32-22(19)33-4-2-3-13(26)11-33)36-16-9-28-23(29-10-16)35-15-7-14(34)8-15/h5-6,9-10,13-15,27,34H,2-4,7-8,11,26H2,1H3,(H,30,31,32)/t13-,14?,15?/m1/s1. The van der Waals surface area contributed by atoms with Crippen molar-refractivity contribution < 1.29 is 19.0 Å². The molecule has 1 aliphatic heterocycles. The lowest BCUT2D eigenvalue weighted by molar-refractivity contribution is -0.0151. The molecule has 0 radical (unpaired) electrons. The number of nitrogens with one attached hydrogen (secondary N) is 2. The fraction of sp³-hybridized carbons (Fsp3) is 0.417. The fourth-order valence-electron chi connectivity index (χ4n) is 4.81. The number of nitrogens with two attached hydrogens (primary N) is 1. The second-order valence-corrected chi connectivity index (χ2v) is 9.32. The van der Waals surface area contributed by atoms with Gasteiger partial charge in [0.15, 0.2) is 5.75 Å². The molecule has 0 amide bonds. The number of aromatic amines is 1. The molecule has 1 saturated carbocycles. The summed E-state index contributed by atoms with van der Waals surface area (Å²) in [5.74, 6) is 0.619. The van der Waals surface area contributed by atoms with Crippen LogP contribution in [-0.4, -0.2) is 68.4 Å². The Morgan fingerprint density at radius 3 is 2.72 bits per heavy atom. The first-order valence-electron chi connectivity index (χ1n) is 12.0. The van der Waals surface area contributed by atoms with E-state index < -0.39 is 0 Å². The van der Waals surface area contributed by atoms with Crippen LogP contribution in [0.15, 0.2) is 24.5 Å². The number of ether oxygens (including phenoxy) is 2. The highest BCUT2D eigenvalue weighted by molar-refractivity contribution is 6.14. The highest BCUT2D eigenvalue weighted by Gasteiger charge is 2.30. The van der Waals surface area contributed by atoms with E-state index in [0.29, 0.717) is 53.1 Å². The van der Waals surface area contributed by atoms with E-state index in [2.05, 4.69) is 30.2 Å². The van der Waals surface area contributed by atoms with Crippen LogP contribution in [0, 0.1) is 5.82 Å². The first-order chi connectivity index (χ1) is 17.5. The summed E-state index contributed by atoms with van der Waals surface area (Å²) in [4.78, 5) is 23.1. The van der Waals surface area contributed by atoms with Crippen LogP contribution in [0.25, 0.3) is 21.9 Å². The topological polar surface area (TPSA) is 147 Å². The van der Waals surface area contributed by atoms with Crippen LogP contribution in [-0.2, 0) is 0 Å². The summed E-state index contributed by atoms with van der Waals surface area (Å²) in [6.45, 7) is 1.39. The van der Waals surface area contributed by atoms with Crippen molar-refractivity contribution in [3.63, 3.8) is 0 Å². The number of aliphatic hydroxyl groups excluding tert-OH is 1. The van der Waals surface area contributed by atoms with Gasteiger partial charge in [0.2, 0.25) is 0 Å². The van der Waals surface area contributed by atoms with Gasteiger partial charge in [0.05, 0.1) is 35.1 Å². The Morgan fingerprint density at radius 1 is 1.19 bits per heavy atom. The summed E-state index contributed by atoms with van der Waals surface area (Å²) in [5, 5.41) is 13.8. The van der Waals surface area contributed by atoms with Gasteiger partial charge in [-0.3, -0.25) is 0 Å². The SMILES string of the molecule is CNc1cc(F)cc2c1[nH]c1nc(Oc3cnc(OC4CC(O)C4)nc3)nc(N3CCC[C@@H](N)C3)c12. The summed E-state index contributed by atoms with van der Waals surface area (Å²) in [7, 11) is 1.74. The lowest BCUT2D eigenvalue weighted by atomic mass is 9.92. The van der Waals surface area contributed by atoms with Gasteiger partial charge in [-0.05, 0) is 25.0 Å².